The fraction of sp³-hybridized carbons (Fsp3) is 0.385. The van der Waals surface area contributed by atoms with Crippen LogP contribution in [-0.2, 0) is 20.7 Å². The molecule has 0 bridgehead atoms. The molecule has 0 aromatic heterocycles. The highest BCUT2D eigenvalue weighted by Gasteiger charge is 2.36. The topological polar surface area (TPSA) is 93.2 Å². The first-order valence-corrected chi connectivity index (χ1v) is 11.4. The standard InChI is InChI=1S/C26H28N2O6/c1-16-14-27(15-17(2)33-16)23(29)18(3)34-26(32)20-9-10-21-22(13-20)25(31)28(24(21)30)12-11-19-7-5-4-6-8-19/h4-10,13,16-18H,11-12,14-15H2,1-3H3. The van der Waals surface area contributed by atoms with Gasteiger partial charge in [-0.1, -0.05) is 30.3 Å². The number of benzene rings is 2. The second-order valence-corrected chi connectivity index (χ2v) is 8.81. The molecule has 3 amide bonds. The molecule has 2 aliphatic heterocycles. The van der Waals surface area contributed by atoms with Gasteiger partial charge in [-0.15, -0.1) is 0 Å². The van der Waals surface area contributed by atoms with E-state index in [1.165, 1.54) is 30.0 Å². The van der Waals surface area contributed by atoms with Crippen LogP contribution in [0.25, 0.3) is 0 Å². The van der Waals surface area contributed by atoms with E-state index >= 15 is 0 Å². The monoisotopic (exact) mass is 464 g/mol. The lowest BCUT2D eigenvalue weighted by Gasteiger charge is -2.36. The first-order chi connectivity index (χ1) is 16.2. The number of fused-ring (bicyclic) bond motifs is 1. The highest BCUT2D eigenvalue weighted by atomic mass is 16.5. The number of hydrogen-bond acceptors (Lipinski definition) is 6. The van der Waals surface area contributed by atoms with Crippen molar-refractivity contribution in [3.8, 4) is 0 Å². The van der Waals surface area contributed by atoms with Crippen LogP contribution < -0.4 is 0 Å². The summed E-state index contributed by atoms with van der Waals surface area (Å²) in [5.41, 5.74) is 1.57. The lowest BCUT2D eigenvalue weighted by molar-refractivity contribution is -0.151. The van der Waals surface area contributed by atoms with Crippen molar-refractivity contribution in [1.82, 2.24) is 9.80 Å². The Morgan fingerprint density at radius 3 is 2.32 bits per heavy atom. The van der Waals surface area contributed by atoms with Gasteiger partial charge in [0.05, 0.1) is 28.9 Å². The highest BCUT2D eigenvalue weighted by Crippen LogP contribution is 2.25. The summed E-state index contributed by atoms with van der Waals surface area (Å²) in [7, 11) is 0. The van der Waals surface area contributed by atoms with Gasteiger partial charge in [-0.05, 0) is 51.0 Å². The number of carbonyl (C=O) groups excluding carboxylic acids is 4. The minimum Gasteiger partial charge on any atom is -0.449 e. The number of carbonyl (C=O) groups is 4. The van der Waals surface area contributed by atoms with E-state index in [9.17, 15) is 19.2 Å². The van der Waals surface area contributed by atoms with Crippen LogP contribution in [0.5, 0.6) is 0 Å². The van der Waals surface area contributed by atoms with Gasteiger partial charge in [0.2, 0.25) is 0 Å². The van der Waals surface area contributed by atoms with Gasteiger partial charge in [0.1, 0.15) is 0 Å². The van der Waals surface area contributed by atoms with Crippen molar-refractivity contribution in [2.45, 2.75) is 45.5 Å². The van der Waals surface area contributed by atoms with E-state index < -0.39 is 18.0 Å². The summed E-state index contributed by atoms with van der Waals surface area (Å²) in [6, 6.07) is 13.9. The van der Waals surface area contributed by atoms with E-state index in [0.717, 1.165) is 5.56 Å². The van der Waals surface area contributed by atoms with Crippen molar-refractivity contribution in [2.75, 3.05) is 19.6 Å². The van der Waals surface area contributed by atoms with Crippen LogP contribution in [0.15, 0.2) is 48.5 Å². The molecule has 8 nitrogen and oxygen atoms in total. The predicted molar refractivity (Wildman–Crippen MR) is 123 cm³/mol. The minimum absolute atomic E-state index is 0.0966. The second-order valence-electron chi connectivity index (χ2n) is 8.81. The third kappa shape index (κ3) is 4.87. The molecule has 2 aliphatic rings. The van der Waals surface area contributed by atoms with Crippen LogP contribution in [0.3, 0.4) is 0 Å². The number of rotatable bonds is 6. The summed E-state index contributed by atoms with van der Waals surface area (Å²) in [6.45, 7) is 6.41. The Labute approximate surface area is 198 Å². The minimum atomic E-state index is -0.988. The van der Waals surface area contributed by atoms with E-state index in [1.54, 1.807) is 4.90 Å². The van der Waals surface area contributed by atoms with E-state index in [0.29, 0.717) is 19.5 Å². The molecule has 0 spiro atoms. The van der Waals surface area contributed by atoms with Gasteiger partial charge in [0.25, 0.3) is 17.7 Å². The molecule has 178 valence electrons. The number of esters is 1. The van der Waals surface area contributed by atoms with E-state index in [-0.39, 0.29) is 47.3 Å². The molecular weight excluding hydrogens is 436 g/mol. The van der Waals surface area contributed by atoms with Crippen molar-refractivity contribution in [3.05, 3.63) is 70.8 Å². The molecule has 0 radical (unpaired) electrons. The molecule has 34 heavy (non-hydrogen) atoms. The number of morpholine rings is 1. The average molecular weight is 465 g/mol. The third-order valence-corrected chi connectivity index (χ3v) is 6.04. The predicted octanol–water partition coefficient (Wildman–Crippen LogP) is 2.71. The summed E-state index contributed by atoms with van der Waals surface area (Å²) in [4.78, 5) is 53.9. The fourth-order valence-corrected chi connectivity index (χ4v) is 4.40. The smallest absolute Gasteiger partial charge is 0.338 e. The van der Waals surface area contributed by atoms with Gasteiger partial charge in [-0.2, -0.15) is 0 Å². The molecule has 0 saturated carbocycles. The van der Waals surface area contributed by atoms with Gasteiger partial charge in [0, 0.05) is 19.6 Å². The lowest BCUT2D eigenvalue weighted by atomic mass is 10.1. The first-order valence-electron chi connectivity index (χ1n) is 11.4. The largest absolute Gasteiger partial charge is 0.449 e. The molecule has 2 heterocycles. The van der Waals surface area contributed by atoms with E-state index in [4.69, 9.17) is 9.47 Å². The molecule has 8 heteroatoms. The van der Waals surface area contributed by atoms with Crippen molar-refractivity contribution in [2.24, 2.45) is 0 Å². The number of imide groups is 1. The lowest BCUT2D eigenvalue weighted by Crippen LogP contribution is -2.51. The zero-order chi connectivity index (χ0) is 24.4. The number of amides is 3. The van der Waals surface area contributed by atoms with Crippen LogP contribution in [0.1, 0.15) is 57.4 Å². The molecule has 0 aliphatic carbocycles. The molecule has 4 rings (SSSR count). The Morgan fingerprint density at radius 2 is 1.65 bits per heavy atom. The molecule has 0 N–H and O–H groups in total. The SMILES string of the molecule is CC1CN(C(=O)C(C)OC(=O)c2ccc3c(c2)C(=O)N(CCc2ccccc2)C3=O)CC(C)O1. The number of ether oxygens (including phenoxy) is 2. The van der Waals surface area contributed by atoms with Crippen molar-refractivity contribution in [3.63, 3.8) is 0 Å². The molecule has 3 unspecified atom stereocenters. The zero-order valence-electron chi connectivity index (χ0n) is 19.5. The third-order valence-electron chi connectivity index (χ3n) is 6.04. The van der Waals surface area contributed by atoms with Gasteiger partial charge < -0.3 is 14.4 Å². The van der Waals surface area contributed by atoms with Crippen molar-refractivity contribution < 1.29 is 28.7 Å². The number of hydrogen-bond donors (Lipinski definition) is 0. The van der Waals surface area contributed by atoms with Gasteiger partial charge in [0.15, 0.2) is 6.10 Å². The van der Waals surface area contributed by atoms with E-state index in [1.807, 2.05) is 44.2 Å². The maximum atomic E-state index is 12.9. The van der Waals surface area contributed by atoms with Crippen LogP contribution in [-0.4, -0.2) is 71.4 Å². The maximum absolute atomic E-state index is 12.9. The average Bonchev–Trinajstić information content (AvgIpc) is 3.06. The van der Waals surface area contributed by atoms with Gasteiger partial charge in [-0.3, -0.25) is 19.3 Å². The van der Waals surface area contributed by atoms with E-state index in [2.05, 4.69) is 0 Å². The molecule has 1 saturated heterocycles. The summed E-state index contributed by atoms with van der Waals surface area (Å²) < 4.78 is 11.0. The molecule has 3 atom stereocenters. The van der Waals surface area contributed by atoms with Crippen LogP contribution in [0.4, 0.5) is 0 Å². The van der Waals surface area contributed by atoms with Crippen LogP contribution in [0, 0.1) is 0 Å². The van der Waals surface area contributed by atoms with Crippen LogP contribution in [0.2, 0.25) is 0 Å². The first kappa shape index (κ1) is 23.6. The van der Waals surface area contributed by atoms with Crippen LogP contribution >= 0.6 is 0 Å². The normalized spacial score (nSPS) is 20.8. The molecular formula is C26H28N2O6. The summed E-state index contributed by atoms with van der Waals surface area (Å²) >= 11 is 0. The van der Waals surface area contributed by atoms with Gasteiger partial charge >= 0.3 is 5.97 Å². The maximum Gasteiger partial charge on any atom is 0.338 e. The Bertz CT molecular complexity index is 1110. The number of nitrogens with zero attached hydrogens (tertiary/aromatic N) is 2. The molecule has 1 fully saturated rings. The molecule has 2 aromatic carbocycles. The Hall–Kier alpha value is -3.52. The fourth-order valence-electron chi connectivity index (χ4n) is 4.40. The van der Waals surface area contributed by atoms with Gasteiger partial charge in [-0.25, -0.2) is 4.79 Å². The molecule has 2 aromatic rings. The quantitative estimate of drug-likeness (QED) is 0.482. The Kier molecular flexibility index (Phi) is 6.79. The summed E-state index contributed by atoms with van der Waals surface area (Å²) in [5.74, 6) is -1.84. The van der Waals surface area contributed by atoms with Crippen molar-refractivity contribution >= 4 is 23.7 Å². The Morgan fingerprint density at radius 1 is 1.00 bits per heavy atom. The summed E-state index contributed by atoms with van der Waals surface area (Å²) in [6.07, 6.45) is -0.640. The summed E-state index contributed by atoms with van der Waals surface area (Å²) in [5, 5.41) is 0. The Balaban J connectivity index is 1.41. The second kappa shape index (κ2) is 9.77. The zero-order valence-corrected chi connectivity index (χ0v) is 19.5. The van der Waals surface area contributed by atoms with Crippen molar-refractivity contribution in [1.29, 1.82) is 0 Å². The highest BCUT2D eigenvalue weighted by molar-refractivity contribution is 6.22.